The number of fused-ring (bicyclic) bond motifs is 1. The molecule has 0 atom stereocenters. The van der Waals surface area contributed by atoms with E-state index in [1.807, 2.05) is 0 Å². The summed E-state index contributed by atoms with van der Waals surface area (Å²) < 4.78 is 104. The van der Waals surface area contributed by atoms with Crippen LogP contribution in [0, 0.1) is 0 Å². The monoisotopic (exact) mass is 620 g/mol. The van der Waals surface area contributed by atoms with E-state index in [0.717, 1.165) is 44.6 Å². The van der Waals surface area contributed by atoms with Crippen molar-refractivity contribution in [3.8, 4) is 11.1 Å². The minimum absolute atomic E-state index is 0.180. The number of aromatic nitrogens is 2. The van der Waals surface area contributed by atoms with Gasteiger partial charge in [-0.25, -0.2) is 19.6 Å². The molecule has 3 heterocycles. The number of aliphatic carboxylic acids is 2. The lowest BCUT2D eigenvalue weighted by Gasteiger charge is -2.35. The highest BCUT2D eigenvalue weighted by Crippen LogP contribution is 2.43. The highest BCUT2D eigenvalue weighted by Gasteiger charge is 2.39. The molecule has 226 valence electrons. The van der Waals surface area contributed by atoms with Gasteiger partial charge >= 0.3 is 30.5 Å². The molecule has 0 saturated carbocycles. The summed E-state index contributed by atoms with van der Waals surface area (Å²) in [5.74, 6) is -4.79. The molecule has 0 spiro atoms. The number of alkyl halides is 9. The topological polar surface area (TPSA) is 107 Å². The maximum Gasteiger partial charge on any atom is 0.490 e. The van der Waals surface area contributed by atoms with E-state index < -0.39 is 36.0 Å². The number of halogens is 9. The number of thiophene rings is 1. The van der Waals surface area contributed by atoms with Crippen molar-refractivity contribution in [3.05, 3.63) is 41.5 Å². The summed E-state index contributed by atoms with van der Waals surface area (Å²) >= 11 is 1.36. The SMILES string of the molecule is CCN1CCN(c2ncnc3scc(-c4ccccc4C(F)(F)F)c23)CC1.O=C(O)C(F)(F)F.O=C(O)C(F)(F)F. The highest BCUT2D eigenvalue weighted by molar-refractivity contribution is 7.17. The highest BCUT2D eigenvalue weighted by atomic mass is 32.1. The Morgan fingerprint density at radius 1 is 0.854 bits per heavy atom. The average molecular weight is 620 g/mol. The molecule has 1 fully saturated rings. The number of piperazine rings is 1. The number of anilines is 1. The maximum atomic E-state index is 13.5. The molecule has 1 saturated heterocycles. The molecular weight excluding hydrogens is 599 g/mol. The third kappa shape index (κ3) is 9.17. The number of rotatable bonds is 3. The van der Waals surface area contributed by atoms with Gasteiger partial charge in [-0.15, -0.1) is 11.3 Å². The molecule has 0 aliphatic carbocycles. The van der Waals surface area contributed by atoms with E-state index in [2.05, 4.69) is 26.7 Å². The molecule has 0 unspecified atom stereocenters. The van der Waals surface area contributed by atoms with Crippen LogP contribution in [0.1, 0.15) is 12.5 Å². The Kier molecular flexibility index (Phi) is 10.9. The normalized spacial score (nSPS) is 14.5. The summed E-state index contributed by atoms with van der Waals surface area (Å²) in [4.78, 5) is 31.8. The van der Waals surface area contributed by atoms with Crippen LogP contribution >= 0.6 is 11.3 Å². The van der Waals surface area contributed by atoms with Gasteiger partial charge in [-0.2, -0.15) is 39.5 Å². The number of benzene rings is 1. The quantitative estimate of drug-likeness (QED) is 0.355. The van der Waals surface area contributed by atoms with Crippen molar-refractivity contribution in [2.24, 2.45) is 0 Å². The molecule has 3 aromatic rings. The molecule has 1 aliphatic rings. The molecule has 1 aromatic carbocycles. The van der Waals surface area contributed by atoms with E-state index in [-0.39, 0.29) is 5.56 Å². The predicted molar refractivity (Wildman–Crippen MR) is 130 cm³/mol. The molecule has 0 radical (unpaired) electrons. The van der Waals surface area contributed by atoms with Crippen molar-refractivity contribution in [1.82, 2.24) is 14.9 Å². The Balaban J connectivity index is 0.000000349. The summed E-state index contributed by atoms with van der Waals surface area (Å²) in [6, 6.07) is 5.71. The number of carboxylic acids is 2. The van der Waals surface area contributed by atoms with Crippen LogP contribution in [0.2, 0.25) is 0 Å². The standard InChI is InChI=1S/C19H19F3N4S.2C2HF3O2/c1-2-25-7-9-26(10-8-25)17-16-14(11-27-18(16)24-12-23-17)13-5-3-4-6-15(13)19(20,21)22;2*3-2(4,5)1(6)7/h3-6,11-12H,2,7-10H2,1H3;2*(H,6,7). The number of nitrogens with zero attached hydrogens (tertiary/aromatic N) is 4. The van der Waals surface area contributed by atoms with E-state index in [0.29, 0.717) is 15.8 Å². The summed E-state index contributed by atoms with van der Waals surface area (Å²) in [7, 11) is 0. The van der Waals surface area contributed by atoms with Gasteiger partial charge in [0.05, 0.1) is 10.9 Å². The second kappa shape index (κ2) is 13.3. The van der Waals surface area contributed by atoms with Gasteiger partial charge in [-0.3, -0.25) is 0 Å². The van der Waals surface area contributed by atoms with Gasteiger partial charge < -0.3 is 20.0 Å². The molecular formula is C23H21F9N4O4S. The van der Waals surface area contributed by atoms with Gasteiger partial charge in [0.25, 0.3) is 0 Å². The smallest absolute Gasteiger partial charge is 0.475 e. The Hall–Kier alpha value is -3.67. The predicted octanol–water partition coefficient (Wildman–Crippen LogP) is 5.79. The van der Waals surface area contributed by atoms with E-state index in [4.69, 9.17) is 19.8 Å². The van der Waals surface area contributed by atoms with Crippen LogP contribution in [0.5, 0.6) is 0 Å². The fourth-order valence-electron chi connectivity index (χ4n) is 3.54. The van der Waals surface area contributed by atoms with Gasteiger partial charge in [-0.1, -0.05) is 25.1 Å². The van der Waals surface area contributed by atoms with Crippen LogP contribution in [0.25, 0.3) is 21.3 Å². The van der Waals surface area contributed by atoms with Crippen molar-refractivity contribution >= 4 is 39.3 Å². The van der Waals surface area contributed by atoms with Crippen molar-refractivity contribution in [1.29, 1.82) is 0 Å². The fraction of sp³-hybridized carbons (Fsp3) is 0.391. The molecule has 41 heavy (non-hydrogen) atoms. The van der Waals surface area contributed by atoms with Crippen LogP contribution in [0.4, 0.5) is 45.3 Å². The lowest BCUT2D eigenvalue weighted by molar-refractivity contribution is -0.193. The molecule has 0 amide bonds. The van der Waals surface area contributed by atoms with Gasteiger partial charge in [0.2, 0.25) is 0 Å². The van der Waals surface area contributed by atoms with Crippen molar-refractivity contribution in [2.45, 2.75) is 25.5 Å². The summed E-state index contributed by atoms with van der Waals surface area (Å²) in [5, 5.41) is 16.7. The molecule has 1 aliphatic heterocycles. The van der Waals surface area contributed by atoms with Crippen LogP contribution < -0.4 is 4.90 Å². The molecule has 4 rings (SSSR count). The van der Waals surface area contributed by atoms with E-state index >= 15 is 0 Å². The number of likely N-dealkylation sites (N-methyl/N-ethyl adjacent to an activating group) is 1. The van der Waals surface area contributed by atoms with E-state index in [1.54, 1.807) is 11.4 Å². The van der Waals surface area contributed by atoms with Crippen molar-refractivity contribution < 1.29 is 59.3 Å². The first-order valence-electron chi connectivity index (χ1n) is 11.3. The van der Waals surface area contributed by atoms with Crippen LogP contribution in [0.15, 0.2) is 36.0 Å². The molecule has 18 heteroatoms. The first kappa shape index (κ1) is 33.5. The minimum atomic E-state index is -5.08. The van der Waals surface area contributed by atoms with Crippen LogP contribution in [-0.4, -0.2) is 82.1 Å². The van der Waals surface area contributed by atoms with Gasteiger partial charge in [0.15, 0.2) is 0 Å². The van der Waals surface area contributed by atoms with Gasteiger partial charge in [0.1, 0.15) is 17.0 Å². The largest absolute Gasteiger partial charge is 0.490 e. The summed E-state index contributed by atoms with van der Waals surface area (Å²) in [6.07, 6.45) is -13.1. The van der Waals surface area contributed by atoms with Gasteiger partial charge in [-0.05, 0) is 18.2 Å². The Morgan fingerprint density at radius 2 is 1.37 bits per heavy atom. The Bertz CT molecular complexity index is 1310. The number of carbonyl (C=O) groups is 2. The van der Waals surface area contributed by atoms with E-state index in [1.165, 1.54) is 29.8 Å². The number of hydrogen-bond acceptors (Lipinski definition) is 7. The molecule has 2 N–H and O–H groups in total. The lowest BCUT2D eigenvalue weighted by atomic mass is 9.99. The molecule has 0 bridgehead atoms. The number of hydrogen-bond donors (Lipinski definition) is 2. The fourth-order valence-corrected chi connectivity index (χ4v) is 4.44. The molecule has 8 nitrogen and oxygen atoms in total. The molecule has 2 aromatic heterocycles. The summed E-state index contributed by atoms with van der Waals surface area (Å²) in [5.41, 5.74) is 0.103. The van der Waals surface area contributed by atoms with Crippen LogP contribution in [-0.2, 0) is 15.8 Å². The van der Waals surface area contributed by atoms with Crippen molar-refractivity contribution in [3.63, 3.8) is 0 Å². The first-order valence-corrected chi connectivity index (χ1v) is 12.2. The minimum Gasteiger partial charge on any atom is -0.475 e. The van der Waals surface area contributed by atoms with Gasteiger partial charge in [0, 0.05) is 37.1 Å². The first-order chi connectivity index (χ1) is 18.9. The zero-order valence-corrected chi connectivity index (χ0v) is 21.6. The zero-order chi connectivity index (χ0) is 31.2. The zero-order valence-electron chi connectivity index (χ0n) is 20.8. The van der Waals surface area contributed by atoms with Crippen molar-refractivity contribution in [2.75, 3.05) is 37.6 Å². The maximum absolute atomic E-state index is 13.5. The average Bonchev–Trinajstić information content (AvgIpc) is 3.32. The Labute approximate surface area is 229 Å². The second-order valence-corrected chi connectivity index (χ2v) is 8.96. The number of carboxylic acid groups (broad SMARTS) is 2. The summed E-state index contributed by atoms with van der Waals surface area (Å²) in [6.45, 7) is 6.56. The Morgan fingerprint density at radius 3 is 1.83 bits per heavy atom. The lowest BCUT2D eigenvalue weighted by Crippen LogP contribution is -2.46. The third-order valence-electron chi connectivity index (χ3n) is 5.48. The second-order valence-electron chi connectivity index (χ2n) is 8.10. The van der Waals surface area contributed by atoms with Crippen LogP contribution in [0.3, 0.4) is 0 Å². The third-order valence-corrected chi connectivity index (χ3v) is 6.36. The van der Waals surface area contributed by atoms with E-state index in [9.17, 15) is 39.5 Å².